The molecule has 1 aliphatic rings. The molecule has 12 heavy (non-hydrogen) atoms. The lowest BCUT2D eigenvalue weighted by Crippen LogP contribution is -2.35. The van der Waals surface area contributed by atoms with Gasteiger partial charge in [0.15, 0.2) is 0 Å². The molecule has 0 radical (unpaired) electrons. The normalized spacial score (nSPS) is 28.5. The molecule has 0 aliphatic heterocycles. The minimum Gasteiger partial charge on any atom is -0.116 e. The van der Waals surface area contributed by atoms with Crippen LogP contribution in [0, 0.1) is 0 Å². The molecule has 0 aromatic rings. The first-order chi connectivity index (χ1) is 5.46. The van der Waals surface area contributed by atoms with Crippen molar-refractivity contribution < 1.29 is 0 Å². The lowest BCUT2D eigenvalue weighted by atomic mass is 9.79. The average Bonchev–Trinajstić information content (AvgIpc) is 1.96. The van der Waals surface area contributed by atoms with Crippen molar-refractivity contribution in [1.82, 2.24) is 0 Å². The van der Waals surface area contributed by atoms with Crippen molar-refractivity contribution in [2.75, 3.05) is 0 Å². The third-order valence-electron chi connectivity index (χ3n) is 2.18. The zero-order valence-electron chi connectivity index (χ0n) is 7.91. The van der Waals surface area contributed by atoms with E-state index in [0.29, 0.717) is 0 Å². The number of hydrogen-bond acceptors (Lipinski definition) is 0. The van der Waals surface area contributed by atoms with Gasteiger partial charge in [-0.1, -0.05) is 11.1 Å². The summed E-state index contributed by atoms with van der Waals surface area (Å²) in [7, 11) is 0. The van der Waals surface area contributed by atoms with Gasteiger partial charge in [0.1, 0.15) is 0 Å². The molecule has 0 heterocycles. The summed E-state index contributed by atoms with van der Waals surface area (Å²) in [5, 5.41) is 0.0307. The Hall–Kier alpha value is 0.0600. The van der Waals surface area contributed by atoms with Crippen LogP contribution in [0.4, 0.5) is 0 Å². The third kappa shape index (κ3) is 1.43. The second-order valence-corrected chi connectivity index (χ2v) is 4.57. The van der Waals surface area contributed by atoms with E-state index < -0.39 is 0 Å². The second-order valence-electron chi connectivity index (χ2n) is 3.63. The average molecular weight is 205 g/mol. The third-order valence-corrected chi connectivity index (χ3v) is 3.25. The van der Waals surface area contributed by atoms with Crippen LogP contribution in [0.15, 0.2) is 22.3 Å². The smallest absolute Gasteiger partial charge is 0.0792 e. The van der Waals surface area contributed by atoms with E-state index in [1.165, 1.54) is 22.3 Å². The molecule has 2 unspecified atom stereocenters. The van der Waals surface area contributed by atoms with Crippen LogP contribution in [0.2, 0.25) is 0 Å². The van der Waals surface area contributed by atoms with Crippen molar-refractivity contribution in [3.05, 3.63) is 22.3 Å². The Labute approximate surface area is 84.2 Å². The first kappa shape index (κ1) is 10.1. The fourth-order valence-electron chi connectivity index (χ4n) is 1.58. The van der Waals surface area contributed by atoms with Gasteiger partial charge in [-0.3, -0.25) is 0 Å². The van der Waals surface area contributed by atoms with E-state index >= 15 is 0 Å². The summed E-state index contributed by atoms with van der Waals surface area (Å²) in [6.45, 7) is 8.32. The van der Waals surface area contributed by atoms with Crippen molar-refractivity contribution in [3.63, 3.8) is 0 Å². The van der Waals surface area contributed by atoms with Gasteiger partial charge in [-0.05, 0) is 38.8 Å². The summed E-state index contributed by atoms with van der Waals surface area (Å²) in [6.07, 6.45) is 0. The van der Waals surface area contributed by atoms with Gasteiger partial charge in [0.25, 0.3) is 0 Å². The number of hydrogen-bond donors (Lipinski definition) is 0. The fourth-order valence-corrected chi connectivity index (χ4v) is 2.51. The van der Waals surface area contributed by atoms with E-state index in [4.69, 9.17) is 23.2 Å². The molecule has 2 atom stereocenters. The Balaban J connectivity index is 3.08. The summed E-state index contributed by atoms with van der Waals surface area (Å²) < 4.78 is 0. The Morgan fingerprint density at radius 2 is 1.08 bits per heavy atom. The van der Waals surface area contributed by atoms with Gasteiger partial charge in [-0.15, -0.1) is 23.2 Å². The molecule has 0 spiro atoms. The molecule has 0 saturated heterocycles. The molecule has 0 bridgehead atoms. The van der Waals surface area contributed by atoms with Crippen LogP contribution < -0.4 is 0 Å². The summed E-state index contributed by atoms with van der Waals surface area (Å²) in [5.74, 6) is 0. The molecule has 2 heteroatoms. The van der Waals surface area contributed by atoms with Gasteiger partial charge in [0.2, 0.25) is 0 Å². The van der Waals surface area contributed by atoms with Crippen molar-refractivity contribution in [2.24, 2.45) is 0 Å². The van der Waals surface area contributed by atoms with Crippen molar-refractivity contribution in [2.45, 2.75) is 38.4 Å². The van der Waals surface area contributed by atoms with Gasteiger partial charge in [0, 0.05) is 0 Å². The summed E-state index contributed by atoms with van der Waals surface area (Å²) in [5.41, 5.74) is 5.06. The van der Waals surface area contributed by atoms with Crippen LogP contribution >= 0.6 is 23.2 Å². The zero-order chi connectivity index (χ0) is 9.46. The van der Waals surface area contributed by atoms with E-state index in [1.54, 1.807) is 0 Å². The van der Waals surface area contributed by atoms with Crippen LogP contribution in [0.5, 0.6) is 0 Å². The van der Waals surface area contributed by atoms with E-state index in [-0.39, 0.29) is 10.8 Å². The summed E-state index contributed by atoms with van der Waals surface area (Å²) in [4.78, 5) is 0. The van der Waals surface area contributed by atoms with Gasteiger partial charge >= 0.3 is 0 Å². The second kappa shape index (κ2) is 3.43. The lowest BCUT2D eigenvalue weighted by molar-refractivity contribution is 0.809. The number of alkyl halides is 2. The highest BCUT2D eigenvalue weighted by Crippen LogP contribution is 2.45. The number of allylic oxidation sites excluding steroid dienone is 4. The van der Waals surface area contributed by atoms with Crippen LogP contribution in [0.1, 0.15) is 27.7 Å². The van der Waals surface area contributed by atoms with Gasteiger partial charge < -0.3 is 0 Å². The van der Waals surface area contributed by atoms with Crippen molar-refractivity contribution in [3.8, 4) is 0 Å². The minimum absolute atomic E-state index is 0.0153. The Morgan fingerprint density at radius 3 is 1.25 bits per heavy atom. The Bertz CT molecular complexity index is 225. The lowest BCUT2D eigenvalue weighted by Gasteiger charge is -2.37. The van der Waals surface area contributed by atoms with Crippen molar-refractivity contribution in [1.29, 1.82) is 0 Å². The largest absolute Gasteiger partial charge is 0.116 e. The zero-order valence-corrected chi connectivity index (χ0v) is 9.42. The van der Waals surface area contributed by atoms with Crippen LogP contribution in [-0.4, -0.2) is 10.8 Å². The van der Waals surface area contributed by atoms with E-state index in [9.17, 15) is 0 Å². The minimum atomic E-state index is 0.0153. The first-order valence-electron chi connectivity index (χ1n) is 4.10. The highest BCUT2D eigenvalue weighted by molar-refractivity contribution is 6.36. The molecular weight excluding hydrogens is 191 g/mol. The van der Waals surface area contributed by atoms with Gasteiger partial charge in [-0.2, -0.15) is 0 Å². The quantitative estimate of drug-likeness (QED) is 0.526. The van der Waals surface area contributed by atoms with Crippen molar-refractivity contribution >= 4 is 23.2 Å². The first-order valence-corrected chi connectivity index (χ1v) is 4.97. The maximum Gasteiger partial charge on any atom is 0.0792 e. The Kier molecular flexibility index (Phi) is 2.90. The molecule has 0 aromatic heterocycles. The molecule has 0 aromatic carbocycles. The van der Waals surface area contributed by atoms with Crippen LogP contribution in [0.3, 0.4) is 0 Å². The SMILES string of the molecule is CC(C)=C1C(=C(C)C)C(Cl)C1Cl. The monoisotopic (exact) mass is 204 g/mol. The number of halogens is 2. The predicted octanol–water partition coefficient (Wildman–Crippen LogP) is 3.89. The molecule has 68 valence electrons. The standard InChI is InChI=1S/C10H14Cl2/c1-5(2)7-8(6(3)4)10(12)9(7)11/h9-10H,1-4H3. The molecule has 0 amide bonds. The van der Waals surface area contributed by atoms with E-state index in [2.05, 4.69) is 27.7 Å². The van der Waals surface area contributed by atoms with Gasteiger partial charge in [0.05, 0.1) is 10.8 Å². The molecule has 1 aliphatic carbocycles. The topological polar surface area (TPSA) is 0 Å². The molecule has 1 saturated carbocycles. The van der Waals surface area contributed by atoms with Crippen LogP contribution in [0.25, 0.3) is 0 Å². The molecule has 1 fully saturated rings. The summed E-state index contributed by atoms with van der Waals surface area (Å²) >= 11 is 12.2. The molecule has 0 N–H and O–H groups in total. The maximum atomic E-state index is 6.08. The van der Waals surface area contributed by atoms with Crippen LogP contribution in [-0.2, 0) is 0 Å². The summed E-state index contributed by atoms with van der Waals surface area (Å²) in [6, 6.07) is 0. The van der Waals surface area contributed by atoms with Gasteiger partial charge in [-0.25, -0.2) is 0 Å². The molecule has 0 nitrogen and oxygen atoms in total. The van der Waals surface area contributed by atoms with E-state index in [1.807, 2.05) is 0 Å². The molecular formula is C10H14Cl2. The highest BCUT2D eigenvalue weighted by atomic mass is 35.5. The fraction of sp³-hybridized carbons (Fsp3) is 0.600. The predicted molar refractivity (Wildman–Crippen MR) is 56.0 cm³/mol. The molecule has 1 rings (SSSR count). The highest BCUT2D eigenvalue weighted by Gasteiger charge is 2.39. The van der Waals surface area contributed by atoms with E-state index in [0.717, 1.165) is 0 Å². The number of rotatable bonds is 0. The Morgan fingerprint density at radius 1 is 0.833 bits per heavy atom. The maximum absolute atomic E-state index is 6.08.